The smallest absolute Gasteiger partial charge is 0.194 e. The van der Waals surface area contributed by atoms with Crippen LogP contribution in [0.4, 0.5) is 0 Å². The number of nitrogens with zero attached hydrogens (tertiary/aromatic N) is 5. The SMILES string of the molecule is N#Cc1ccccc1OCc1nnnn1-c1ccccc1. The Kier molecular flexibility index (Phi) is 3.56. The number of para-hydroxylation sites is 2. The fraction of sp³-hybridized carbons (Fsp3) is 0.0667. The summed E-state index contributed by atoms with van der Waals surface area (Å²) < 4.78 is 7.25. The van der Waals surface area contributed by atoms with Crippen LogP contribution in [0.2, 0.25) is 0 Å². The molecule has 6 heteroatoms. The van der Waals surface area contributed by atoms with E-state index < -0.39 is 0 Å². The van der Waals surface area contributed by atoms with Crippen LogP contribution < -0.4 is 4.74 Å². The van der Waals surface area contributed by atoms with E-state index in [1.807, 2.05) is 36.4 Å². The van der Waals surface area contributed by atoms with E-state index in [1.54, 1.807) is 22.9 Å². The minimum Gasteiger partial charge on any atom is -0.484 e. The van der Waals surface area contributed by atoms with Crippen molar-refractivity contribution in [3.8, 4) is 17.5 Å². The number of hydrogen-bond donors (Lipinski definition) is 0. The summed E-state index contributed by atoms with van der Waals surface area (Å²) in [6, 6.07) is 18.7. The number of rotatable bonds is 4. The predicted molar refractivity (Wildman–Crippen MR) is 74.6 cm³/mol. The van der Waals surface area contributed by atoms with Gasteiger partial charge in [0.15, 0.2) is 5.82 Å². The molecule has 0 fully saturated rings. The van der Waals surface area contributed by atoms with Gasteiger partial charge in [0.2, 0.25) is 0 Å². The summed E-state index contributed by atoms with van der Waals surface area (Å²) in [5.41, 5.74) is 1.34. The van der Waals surface area contributed by atoms with Gasteiger partial charge in [-0.25, -0.2) is 0 Å². The molecule has 0 aliphatic heterocycles. The van der Waals surface area contributed by atoms with E-state index in [1.165, 1.54) is 0 Å². The van der Waals surface area contributed by atoms with Crippen LogP contribution in [0, 0.1) is 11.3 Å². The summed E-state index contributed by atoms with van der Waals surface area (Å²) in [4.78, 5) is 0. The second-order valence-corrected chi connectivity index (χ2v) is 4.24. The lowest BCUT2D eigenvalue weighted by molar-refractivity contribution is 0.291. The van der Waals surface area contributed by atoms with Gasteiger partial charge < -0.3 is 4.74 Å². The quantitative estimate of drug-likeness (QED) is 0.730. The Balaban J connectivity index is 1.81. The molecule has 0 N–H and O–H groups in total. The highest BCUT2D eigenvalue weighted by Gasteiger charge is 2.10. The zero-order valence-corrected chi connectivity index (χ0v) is 11.0. The summed E-state index contributed by atoms with van der Waals surface area (Å²) in [7, 11) is 0. The van der Waals surface area contributed by atoms with Gasteiger partial charge in [0.05, 0.1) is 11.3 Å². The third-order valence-corrected chi connectivity index (χ3v) is 2.90. The average molecular weight is 277 g/mol. The highest BCUT2D eigenvalue weighted by atomic mass is 16.5. The van der Waals surface area contributed by atoms with Crippen molar-refractivity contribution in [2.24, 2.45) is 0 Å². The maximum absolute atomic E-state index is 9.03. The van der Waals surface area contributed by atoms with E-state index in [2.05, 4.69) is 21.6 Å². The number of aromatic nitrogens is 4. The van der Waals surface area contributed by atoms with Crippen molar-refractivity contribution >= 4 is 0 Å². The van der Waals surface area contributed by atoms with Gasteiger partial charge in [-0.15, -0.1) is 5.10 Å². The van der Waals surface area contributed by atoms with Gasteiger partial charge >= 0.3 is 0 Å². The van der Waals surface area contributed by atoms with Gasteiger partial charge in [-0.05, 0) is 34.7 Å². The highest BCUT2D eigenvalue weighted by Crippen LogP contribution is 2.18. The first-order chi connectivity index (χ1) is 10.4. The van der Waals surface area contributed by atoms with E-state index in [9.17, 15) is 0 Å². The number of ether oxygens (including phenoxy) is 1. The van der Waals surface area contributed by atoms with E-state index in [-0.39, 0.29) is 6.61 Å². The van der Waals surface area contributed by atoms with Crippen molar-refractivity contribution < 1.29 is 4.74 Å². The first-order valence-electron chi connectivity index (χ1n) is 6.33. The summed E-state index contributed by atoms with van der Waals surface area (Å²) in [6.45, 7) is 0.181. The minimum absolute atomic E-state index is 0.181. The van der Waals surface area contributed by atoms with Gasteiger partial charge in [-0.3, -0.25) is 0 Å². The standard InChI is InChI=1S/C15H11N5O/c16-10-12-6-4-5-9-14(12)21-11-15-17-18-19-20(15)13-7-2-1-3-8-13/h1-9H,11H2. The molecule has 0 atom stereocenters. The van der Waals surface area contributed by atoms with Crippen molar-refractivity contribution in [2.45, 2.75) is 6.61 Å². The van der Waals surface area contributed by atoms with E-state index in [4.69, 9.17) is 10.00 Å². The fourth-order valence-electron chi connectivity index (χ4n) is 1.89. The van der Waals surface area contributed by atoms with Gasteiger partial charge in [-0.2, -0.15) is 9.94 Å². The zero-order chi connectivity index (χ0) is 14.5. The van der Waals surface area contributed by atoms with Crippen LogP contribution in [0.1, 0.15) is 11.4 Å². The summed E-state index contributed by atoms with van der Waals surface area (Å²) in [5.74, 6) is 1.08. The molecule has 0 radical (unpaired) electrons. The molecule has 3 rings (SSSR count). The molecule has 2 aromatic carbocycles. The predicted octanol–water partition coefficient (Wildman–Crippen LogP) is 2.11. The van der Waals surface area contributed by atoms with E-state index >= 15 is 0 Å². The fourth-order valence-corrected chi connectivity index (χ4v) is 1.89. The van der Waals surface area contributed by atoms with E-state index in [0.29, 0.717) is 17.1 Å². The highest BCUT2D eigenvalue weighted by molar-refractivity contribution is 5.42. The normalized spacial score (nSPS) is 10.0. The van der Waals surface area contributed by atoms with Crippen LogP contribution in [-0.4, -0.2) is 20.2 Å². The van der Waals surface area contributed by atoms with Gasteiger partial charge in [0, 0.05) is 0 Å². The van der Waals surface area contributed by atoms with Crippen molar-refractivity contribution in [2.75, 3.05) is 0 Å². The summed E-state index contributed by atoms with van der Waals surface area (Å²) >= 11 is 0. The van der Waals surface area contributed by atoms with Crippen molar-refractivity contribution in [1.82, 2.24) is 20.2 Å². The first-order valence-corrected chi connectivity index (χ1v) is 6.33. The molecule has 0 saturated carbocycles. The lowest BCUT2D eigenvalue weighted by Crippen LogP contribution is -2.07. The van der Waals surface area contributed by atoms with Gasteiger partial charge in [0.25, 0.3) is 0 Å². The molecular formula is C15H11N5O. The number of nitriles is 1. The lowest BCUT2D eigenvalue weighted by Gasteiger charge is -2.07. The van der Waals surface area contributed by atoms with Crippen LogP contribution >= 0.6 is 0 Å². The molecule has 0 spiro atoms. The van der Waals surface area contributed by atoms with Gasteiger partial charge in [-0.1, -0.05) is 30.3 Å². The maximum atomic E-state index is 9.03. The molecule has 1 aromatic heterocycles. The van der Waals surface area contributed by atoms with Crippen molar-refractivity contribution in [3.63, 3.8) is 0 Å². The monoisotopic (exact) mass is 277 g/mol. The Hall–Kier alpha value is -3.20. The third kappa shape index (κ3) is 2.72. The molecule has 0 aliphatic rings. The Labute approximate surface area is 121 Å². The van der Waals surface area contributed by atoms with Crippen molar-refractivity contribution in [1.29, 1.82) is 5.26 Å². The average Bonchev–Trinajstić information content (AvgIpc) is 3.02. The second-order valence-electron chi connectivity index (χ2n) is 4.24. The summed E-state index contributed by atoms with van der Waals surface area (Å²) in [6.07, 6.45) is 0. The van der Waals surface area contributed by atoms with Crippen molar-refractivity contribution in [3.05, 3.63) is 66.0 Å². The number of benzene rings is 2. The van der Waals surface area contributed by atoms with E-state index in [0.717, 1.165) is 5.69 Å². The molecule has 0 bridgehead atoms. The molecule has 3 aromatic rings. The molecule has 21 heavy (non-hydrogen) atoms. The molecule has 0 aliphatic carbocycles. The third-order valence-electron chi connectivity index (χ3n) is 2.90. The van der Waals surface area contributed by atoms with Crippen LogP contribution in [-0.2, 0) is 6.61 Å². The molecule has 0 unspecified atom stereocenters. The lowest BCUT2D eigenvalue weighted by atomic mass is 10.2. The first kappa shape index (κ1) is 12.8. The maximum Gasteiger partial charge on any atom is 0.194 e. The van der Waals surface area contributed by atoms with Crippen LogP contribution in [0.3, 0.4) is 0 Å². The molecule has 6 nitrogen and oxygen atoms in total. The molecule has 1 heterocycles. The molecule has 102 valence electrons. The molecular weight excluding hydrogens is 266 g/mol. The Morgan fingerprint density at radius 2 is 1.81 bits per heavy atom. The molecule has 0 saturated heterocycles. The van der Waals surface area contributed by atoms with Crippen LogP contribution in [0.15, 0.2) is 54.6 Å². The largest absolute Gasteiger partial charge is 0.484 e. The van der Waals surface area contributed by atoms with Gasteiger partial charge in [0.1, 0.15) is 18.4 Å². The zero-order valence-electron chi connectivity index (χ0n) is 11.0. The number of tetrazole rings is 1. The van der Waals surface area contributed by atoms with Crippen LogP contribution in [0.25, 0.3) is 5.69 Å². The number of hydrogen-bond acceptors (Lipinski definition) is 5. The Morgan fingerprint density at radius 3 is 2.62 bits per heavy atom. The second kappa shape index (κ2) is 5.84. The summed E-state index contributed by atoms with van der Waals surface area (Å²) in [5, 5.41) is 20.6. The topological polar surface area (TPSA) is 76.6 Å². The minimum atomic E-state index is 0.181. The van der Waals surface area contributed by atoms with Crippen LogP contribution in [0.5, 0.6) is 5.75 Å². The Morgan fingerprint density at radius 1 is 1.05 bits per heavy atom. The molecule has 0 amide bonds. The Bertz CT molecular complexity index is 776.